The van der Waals surface area contributed by atoms with Crippen LogP contribution in [0.2, 0.25) is 0 Å². The summed E-state index contributed by atoms with van der Waals surface area (Å²) in [4.78, 5) is 15.5. The van der Waals surface area contributed by atoms with Crippen molar-refractivity contribution in [1.82, 2.24) is 20.0 Å². The van der Waals surface area contributed by atoms with Crippen molar-refractivity contribution in [3.8, 4) is 0 Å². The molecule has 196 valence electrons. The van der Waals surface area contributed by atoms with Crippen molar-refractivity contribution in [3.63, 3.8) is 0 Å². The molecule has 0 bridgehead atoms. The third-order valence-electron chi connectivity index (χ3n) is 7.88. The van der Waals surface area contributed by atoms with Gasteiger partial charge in [0.25, 0.3) is 0 Å². The van der Waals surface area contributed by atoms with Gasteiger partial charge in [-0.1, -0.05) is 62.2 Å². The molecular weight excluding hydrogens is 484 g/mol. The van der Waals surface area contributed by atoms with Crippen LogP contribution in [0.25, 0.3) is 0 Å². The molecule has 37 heavy (non-hydrogen) atoms. The maximum absolute atomic E-state index is 13.3. The van der Waals surface area contributed by atoms with Gasteiger partial charge in [-0.3, -0.25) is 4.68 Å². The molecule has 2 aromatic carbocycles. The Morgan fingerprint density at radius 2 is 1.68 bits per heavy atom. The quantitative estimate of drug-likeness (QED) is 0.465. The lowest BCUT2D eigenvalue weighted by Gasteiger charge is -2.22. The van der Waals surface area contributed by atoms with Gasteiger partial charge in [0.05, 0.1) is 22.4 Å². The van der Waals surface area contributed by atoms with E-state index in [1.54, 1.807) is 31.2 Å². The van der Waals surface area contributed by atoms with Crippen molar-refractivity contribution >= 4 is 15.9 Å². The van der Waals surface area contributed by atoms with Gasteiger partial charge in [-0.15, -0.1) is 0 Å². The molecule has 3 aromatic rings. The molecule has 2 atom stereocenters. The Morgan fingerprint density at radius 1 is 1.00 bits per heavy atom. The van der Waals surface area contributed by atoms with Gasteiger partial charge in [-0.2, -0.15) is 5.10 Å². The highest BCUT2D eigenvalue weighted by molar-refractivity contribution is 7.91. The number of aromatic nitrogens is 2. The number of hydrogen-bond donors (Lipinski definition) is 1. The Labute approximate surface area is 219 Å². The lowest BCUT2D eigenvalue weighted by Crippen LogP contribution is -2.38. The maximum atomic E-state index is 13.3. The fraction of sp³-hybridized carbons (Fsp3) is 0.448. The largest absolute Gasteiger partial charge is 0.334 e. The summed E-state index contributed by atoms with van der Waals surface area (Å²) in [7, 11) is -3.24. The summed E-state index contributed by atoms with van der Waals surface area (Å²) in [6.45, 7) is 5.32. The number of nitrogens with one attached hydrogen (secondary N) is 1. The number of carbonyl (C=O) groups is 1. The smallest absolute Gasteiger partial charge is 0.317 e. The van der Waals surface area contributed by atoms with Crippen LogP contribution in [0, 0.1) is 6.92 Å². The fourth-order valence-electron chi connectivity index (χ4n) is 5.83. The summed E-state index contributed by atoms with van der Waals surface area (Å²) < 4.78 is 26.4. The van der Waals surface area contributed by atoms with Crippen LogP contribution in [0.5, 0.6) is 0 Å². The number of likely N-dealkylation sites (tertiary alicyclic amines) is 1. The molecule has 2 aliphatic rings. The van der Waals surface area contributed by atoms with E-state index in [9.17, 15) is 13.2 Å². The van der Waals surface area contributed by atoms with Crippen LogP contribution in [0.3, 0.4) is 0 Å². The molecule has 2 amide bonds. The first-order valence-electron chi connectivity index (χ1n) is 13.3. The number of hydrogen-bond acceptors (Lipinski definition) is 4. The minimum Gasteiger partial charge on any atom is -0.334 e. The Morgan fingerprint density at radius 3 is 2.35 bits per heavy atom. The number of rotatable bonds is 7. The minimum absolute atomic E-state index is 0.0704. The van der Waals surface area contributed by atoms with Crippen LogP contribution in [0.1, 0.15) is 73.0 Å². The van der Waals surface area contributed by atoms with E-state index < -0.39 is 9.84 Å². The molecule has 0 radical (unpaired) electrons. The summed E-state index contributed by atoms with van der Waals surface area (Å²) in [5, 5.41) is 7.94. The van der Waals surface area contributed by atoms with E-state index >= 15 is 0 Å². The zero-order valence-electron chi connectivity index (χ0n) is 21.6. The zero-order valence-corrected chi connectivity index (χ0v) is 22.5. The van der Waals surface area contributed by atoms with E-state index in [0.29, 0.717) is 30.6 Å². The third kappa shape index (κ3) is 5.44. The predicted octanol–water partition coefficient (Wildman–Crippen LogP) is 5.19. The first-order valence-corrected chi connectivity index (χ1v) is 15.0. The van der Waals surface area contributed by atoms with Crippen molar-refractivity contribution in [2.24, 2.45) is 0 Å². The summed E-state index contributed by atoms with van der Waals surface area (Å²) >= 11 is 0. The average molecular weight is 521 g/mol. The van der Waals surface area contributed by atoms with Crippen LogP contribution in [-0.4, -0.2) is 48.0 Å². The van der Waals surface area contributed by atoms with Gasteiger partial charge in [0, 0.05) is 37.2 Å². The van der Waals surface area contributed by atoms with Crippen molar-refractivity contribution in [2.45, 2.75) is 68.8 Å². The second kappa shape index (κ2) is 10.7. The van der Waals surface area contributed by atoms with E-state index in [0.717, 1.165) is 11.3 Å². The topological polar surface area (TPSA) is 84.3 Å². The maximum Gasteiger partial charge on any atom is 0.317 e. The summed E-state index contributed by atoms with van der Waals surface area (Å²) in [6.07, 6.45) is 4.82. The van der Waals surface area contributed by atoms with Crippen LogP contribution >= 0.6 is 0 Å². The first-order chi connectivity index (χ1) is 17.9. The number of benzene rings is 2. The summed E-state index contributed by atoms with van der Waals surface area (Å²) in [5.74, 6) is 0.441. The molecule has 8 heteroatoms. The molecule has 5 rings (SSSR count). The minimum atomic E-state index is -3.24. The molecular formula is C29H36N4O3S. The predicted molar refractivity (Wildman–Crippen MR) is 144 cm³/mol. The average Bonchev–Trinajstić information content (AvgIpc) is 3.67. The molecule has 7 nitrogen and oxygen atoms in total. The summed E-state index contributed by atoms with van der Waals surface area (Å²) in [5.41, 5.74) is 4.38. The van der Waals surface area contributed by atoms with Crippen LogP contribution in [0.4, 0.5) is 4.79 Å². The highest BCUT2D eigenvalue weighted by atomic mass is 32.2. The van der Waals surface area contributed by atoms with E-state index in [1.165, 1.54) is 36.9 Å². The van der Waals surface area contributed by atoms with Gasteiger partial charge >= 0.3 is 6.03 Å². The van der Waals surface area contributed by atoms with E-state index in [1.807, 2.05) is 11.0 Å². The third-order valence-corrected chi connectivity index (χ3v) is 9.63. The van der Waals surface area contributed by atoms with Gasteiger partial charge in [0.15, 0.2) is 9.84 Å². The Bertz CT molecular complexity index is 1330. The number of carbonyl (C=O) groups excluding carboxylic acids is 1. The van der Waals surface area contributed by atoms with Gasteiger partial charge in [0.1, 0.15) is 0 Å². The second-order valence-corrected chi connectivity index (χ2v) is 12.6. The van der Waals surface area contributed by atoms with Crippen molar-refractivity contribution in [2.75, 3.05) is 18.8 Å². The molecule has 1 saturated heterocycles. The van der Waals surface area contributed by atoms with Crippen LogP contribution in [0.15, 0.2) is 65.6 Å². The molecule has 1 aliphatic carbocycles. The molecule has 1 N–H and O–H groups in total. The van der Waals surface area contributed by atoms with E-state index in [4.69, 9.17) is 5.10 Å². The Kier molecular flexibility index (Phi) is 7.38. The Hall–Kier alpha value is -3.13. The first kappa shape index (κ1) is 25.5. The van der Waals surface area contributed by atoms with E-state index in [-0.39, 0.29) is 23.6 Å². The van der Waals surface area contributed by atoms with Crippen molar-refractivity contribution in [3.05, 3.63) is 83.2 Å². The molecule has 2 fully saturated rings. The van der Waals surface area contributed by atoms with Gasteiger partial charge in [0.2, 0.25) is 0 Å². The number of amides is 2. The zero-order chi connectivity index (χ0) is 26.0. The Balaban J connectivity index is 1.33. The highest BCUT2D eigenvalue weighted by Gasteiger charge is 2.39. The highest BCUT2D eigenvalue weighted by Crippen LogP contribution is 2.42. The SMILES string of the molecule is CCS(=O)(=O)c1ccc(CNC(=O)N2CC(c3ccccc3)C(c3cc(C)nn3C3CCCC3)C2)cc1. The van der Waals surface area contributed by atoms with Gasteiger partial charge in [-0.05, 0) is 49.1 Å². The van der Waals surface area contributed by atoms with E-state index in [2.05, 4.69) is 47.3 Å². The van der Waals surface area contributed by atoms with Crippen molar-refractivity contribution in [1.29, 1.82) is 0 Å². The molecule has 1 saturated carbocycles. The monoisotopic (exact) mass is 520 g/mol. The van der Waals surface area contributed by atoms with Gasteiger partial charge in [-0.25, -0.2) is 13.2 Å². The summed E-state index contributed by atoms with van der Waals surface area (Å²) in [6, 6.07) is 19.8. The molecule has 1 aliphatic heterocycles. The number of aryl methyl sites for hydroxylation is 1. The fourth-order valence-corrected chi connectivity index (χ4v) is 6.72. The number of nitrogens with zero attached hydrogens (tertiary/aromatic N) is 3. The number of urea groups is 1. The molecule has 2 heterocycles. The van der Waals surface area contributed by atoms with Crippen LogP contribution in [-0.2, 0) is 16.4 Å². The standard InChI is InChI=1S/C29H36N4O3S/c1-3-37(35,36)25-15-13-22(14-16-25)18-30-29(34)32-19-26(23-9-5-4-6-10-23)27(20-32)28-17-21(2)31-33(28)24-11-7-8-12-24/h4-6,9-10,13-17,24,26-27H,3,7-8,11-12,18-20H2,1-2H3,(H,30,34). The molecule has 0 spiro atoms. The normalized spacial score (nSPS) is 20.4. The molecule has 2 unspecified atom stereocenters. The van der Waals surface area contributed by atoms with Gasteiger partial charge < -0.3 is 10.2 Å². The second-order valence-electron chi connectivity index (χ2n) is 10.3. The molecule has 1 aromatic heterocycles. The lowest BCUT2D eigenvalue weighted by molar-refractivity contribution is 0.207. The number of sulfone groups is 1. The van der Waals surface area contributed by atoms with Crippen molar-refractivity contribution < 1.29 is 13.2 Å². The van der Waals surface area contributed by atoms with Crippen LogP contribution < -0.4 is 5.32 Å². The lowest BCUT2D eigenvalue weighted by atomic mass is 9.86.